The Morgan fingerprint density at radius 1 is 1.19 bits per heavy atom. The summed E-state index contributed by atoms with van der Waals surface area (Å²) in [6.07, 6.45) is 1.60. The molecular formula is C24H26BrNO5. The second-order valence-corrected chi connectivity index (χ2v) is 8.31. The lowest BCUT2D eigenvalue weighted by Crippen LogP contribution is -2.30. The largest absolute Gasteiger partial charge is 0.507 e. The predicted octanol–water partition coefficient (Wildman–Crippen LogP) is 4.35. The zero-order valence-corrected chi connectivity index (χ0v) is 19.2. The summed E-state index contributed by atoms with van der Waals surface area (Å²) in [5.74, 6) is -0.983. The number of aliphatic hydroxyl groups is 2. The van der Waals surface area contributed by atoms with Gasteiger partial charge in [0.05, 0.1) is 18.2 Å². The predicted molar refractivity (Wildman–Crippen MR) is 122 cm³/mol. The van der Waals surface area contributed by atoms with Crippen LogP contribution < -0.4 is 4.74 Å². The highest BCUT2D eigenvalue weighted by atomic mass is 79.9. The van der Waals surface area contributed by atoms with Crippen molar-refractivity contribution in [3.05, 3.63) is 69.2 Å². The van der Waals surface area contributed by atoms with Gasteiger partial charge < -0.3 is 19.8 Å². The van der Waals surface area contributed by atoms with Crippen LogP contribution in [0.15, 0.2) is 52.5 Å². The second kappa shape index (κ2) is 10.1. The molecule has 0 aliphatic carbocycles. The number of hydrogen-bond donors (Lipinski definition) is 2. The number of hydrogen-bond acceptors (Lipinski definition) is 5. The van der Waals surface area contributed by atoms with Gasteiger partial charge in [-0.1, -0.05) is 47.5 Å². The standard InChI is InChI=1S/C24H26BrNO5/c1-3-4-10-26-21(16-6-5-7-18(14-16)31-12-11-27)20(23(29)24(26)30)22(28)17-8-9-19(25)15(2)13-17/h5-9,13-14,21,27-28H,3-4,10-12H2,1-2H3/b22-20-. The van der Waals surface area contributed by atoms with E-state index in [4.69, 9.17) is 9.84 Å². The molecule has 3 rings (SSSR count). The van der Waals surface area contributed by atoms with Crippen molar-refractivity contribution in [2.75, 3.05) is 19.8 Å². The van der Waals surface area contributed by atoms with E-state index in [9.17, 15) is 14.7 Å². The van der Waals surface area contributed by atoms with E-state index in [0.717, 1.165) is 22.9 Å². The lowest BCUT2D eigenvalue weighted by Gasteiger charge is -2.25. The van der Waals surface area contributed by atoms with Crippen LogP contribution in [0.25, 0.3) is 5.76 Å². The average Bonchev–Trinajstić information content (AvgIpc) is 3.02. The van der Waals surface area contributed by atoms with E-state index in [0.29, 0.717) is 23.4 Å². The molecule has 1 aliphatic rings. The zero-order valence-electron chi connectivity index (χ0n) is 17.6. The summed E-state index contributed by atoms with van der Waals surface area (Å²) in [4.78, 5) is 27.4. The van der Waals surface area contributed by atoms with Gasteiger partial charge in [0.25, 0.3) is 11.7 Å². The van der Waals surface area contributed by atoms with Gasteiger partial charge in [-0.05, 0) is 48.7 Å². The van der Waals surface area contributed by atoms with Crippen LogP contribution in [0.1, 0.15) is 42.5 Å². The molecule has 1 fully saturated rings. The first-order valence-corrected chi connectivity index (χ1v) is 11.1. The van der Waals surface area contributed by atoms with E-state index in [2.05, 4.69) is 15.9 Å². The van der Waals surface area contributed by atoms with Crippen molar-refractivity contribution in [3.8, 4) is 5.75 Å². The molecule has 1 aliphatic heterocycles. The molecule has 1 amide bonds. The number of halogens is 1. The number of unbranched alkanes of at least 4 members (excludes halogenated alkanes) is 1. The third-order valence-electron chi connectivity index (χ3n) is 5.26. The zero-order chi connectivity index (χ0) is 22.5. The number of Topliss-reactive ketones (excluding diaryl/α,β-unsaturated/α-hetero) is 1. The molecule has 1 unspecified atom stereocenters. The summed E-state index contributed by atoms with van der Waals surface area (Å²) < 4.78 is 6.40. The number of likely N-dealkylation sites (tertiary alicyclic amines) is 1. The van der Waals surface area contributed by atoms with Crippen LogP contribution in [0.3, 0.4) is 0 Å². The lowest BCUT2D eigenvalue weighted by molar-refractivity contribution is -0.139. The first-order valence-electron chi connectivity index (χ1n) is 10.3. The highest BCUT2D eigenvalue weighted by Gasteiger charge is 2.45. The Morgan fingerprint density at radius 3 is 2.65 bits per heavy atom. The van der Waals surface area contributed by atoms with Crippen LogP contribution in [-0.2, 0) is 9.59 Å². The number of benzene rings is 2. The number of carbonyl (C=O) groups is 2. The molecule has 2 N–H and O–H groups in total. The van der Waals surface area contributed by atoms with E-state index in [1.165, 1.54) is 4.90 Å². The summed E-state index contributed by atoms with van der Waals surface area (Å²) in [6, 6.07) is 11.6. The first-order chi connectivity index (χ1) is 14.9. The molecule has 0 saturated carbocycles. The van der Waals surface area contributed by atoms with Crippen LogP contribution in [0, 0.1) is 6.92 Å². The second-order valence-electron chi connectivity index (χ2n) is 7.45. The Balaban J connectivity index is 2.14. The van der Waals surface area contributed by atoms with Crippen molar-refractivity contribution in [1.29, 1.82) is 0 Å². The van der Waals surface area contributed by atoms with Gasteiger partial charge in [0.1, 0.15) is 18.1 Å². The monoisotopic (exact) mass is 487 g/mol. The van der Waals surface area contributed by atoms with Crippen molar-refractivity contribution < 1.29 is 24.5 Å². The minimum absolute atomic E-state index is 0.0714. The van der Waals surface area contributed by atoms with E-state index >= 15 is 0 Å². The third kappa shape index (κ3) is 4.83. The van der Waals surface area contributed by atoms with Gasteiger partial charge in [0, 0.05) is 16.6 Å². The molecule has 2 aromatic carbocycles. The van der Waals surface area contributed by atoms with Gasteiger partial charge in [-0.3, -0.25) is 9.59 Å². The summed E-state index contributed by atoms with van der Waals surface area (Å²) >= 11 is 3.44. The number of aliphatic hydroxyl groups excluding tert-OH is 2. The maximum Gasteiger partial charge on any atom is 0.295 e. The number of amides is 1. The fourth-order valence-corrected chi connectivity index (χ4v) is 3.92. The van der Waals surface area contributed by atoms with Crippen molar-refractivity contribution in [2.45, 2.75) is 32.7 Å². The Labute approximate surface area is 190 Å². The quantitative estimate of drug-likeness (QED) is 0.328. The number of ketones is 1. The smallest absolute Gasteiger partial charge is 0.295 e. The van der Waals surface area contributed by atoms with Crippen LogP contribution in [0.2, 0.25) is 0 Å². The van der Waals surface area contributed by atoms with Gasteiger partial charge in [-0.2, -0.15) is 0 Å². The Bertz CT molecular complexity index is 1020. The highest BCUT2D eigenvalue weighted by Crippen LogP contribution is 2.40. The van der Waals surface area contributed by atoms with E-state index < -0.39 is 17.7 Å². The van der Waals surface area contributed by atoms with Gasteiger partial charge in [0.15, 0.2) is 0 Å². The molecule has 31 heavy (non-hydrogen) atoms. The minimum atomic E-state index is -0.715. The maximum atomic E-state index is 13.0. The van der Waals surface area contributed by atoms with Gasteiger partial charge in [-0.25, -0.2) is 0 Å². The van der Waals surface area contributed by atoms with Crippen molar-refractivity contribution in [1.82, 2.24) is 4.90 Å². The number of aryl methyl sites for hydroxylation is 1. The van der Waals surface area contributed by atoms with Crippen LogP contribution >= 0.6 is 15.9 Å². The Morgan fingerprint density at radius 2 is 1.97 bits per heavy atom. The van der Waals surface area contributed by atoms with Crippen molar-refractivity contribution in [3.63, 3.8) is 0 Å². The fraction of sp³-hybridized carbons (Fsp3) is 0.333. The van der Waals surface area contributed by atoms with E-state index in [1.807, 2.05) is 13.8 Å². The van der Waals surface area contributed by atoms with E-state index in [-0.39, 0.29) is 24.5 Å². The van der Waals surface area contributed by atoms with Gasteiger partial charge in [-0.15, -0.1) is 0 Å². The lowest BCUT2D eigenvalue weighted by atomic mass is 9.94. The van der Waals surface area contributed by atoms with Gasteiger partial charge >= 0.3 is 0 Å². The molecule has 0 spiro atoms. The first kappa shape index (κ1) is 23.0. The highest BCUT2D eigenvalue weighted by molar-refractivity contribution is 9.10. The number of nitrogens with zero attached hydrogens (tertiary/aromatic N) is 1. The molecule has 7 heteroatoms. The van der Waals surface area contributed by atoms with E-state index in [1.54, 1.807) is 42.5 Å². The fourth-order valence-electron chi connectivity index (χ4n) is 3.67. The minimum Gasteiger partial charge on any atom is -0.507 e. The Hall–Kier alpha value is -2.64. The van der Waals surface area contributed by atoms with Crippen molar-refractivity contribution >= 4 is 33.4 Å². The summed E-state index contributed by atoms with van der Waals surface area (Å²) in [5, 5.41) is 20.1. The number of rotatable bonds is 8. The summed E-state index contributed by atoms with van der Waals surface area (Å²) in [5.41, 5.74) is 2.12. The van der Waals surface area contributed by atoms with Crippen LogP contribution in [0.5, 0.6) is 5.75 Å². The average molecular weight is 488 g/mol. The topological polar surface area (TPSA) is 87.1 Å². The third-order valence-corrected chi connectivity index (χ3v) is 6.15. The summed E-state index contributed by atoms with van der Waals surface area (Å²) in [7, 11) is 0. The molecule has 0 radical (unpaired) electrons. The molecule has 1 heterocycles. The molecule has 2 aromatic rings. The SMILES string of the molecule is CCCCN1C(=O)C(=O)/C(=C(\O)c2ccc(Br)c(C)c2)C1c1cccc(OCCO)c1. The number of ether oxygens (including phenoxy) is 1. The van der Waals surface area contributed by atoms with Crippen molar-refractivity contribution in [2.24, 2.45) is 0 Å². The number of carbonyl (C=O) groups excluding carboxylic acids is 2. The normalized spacial score (nSPS) is 17.9. The molecule has 0 aromatic heterocycles. The van der Waals surface area contributed by atoms with Gasteiger partial charge in [0.2, 0.25) is 0 Å². The van der Waals surface area contributed by atoms with Crippen LogP contribution in [-0.4, -0.2) is 46.6 Å². The Kier molecular flexibility index (Phi) is 7.51. The van der Waals surface area contributed by atoms with Crippen LogP contribution in [0.4, 0.5) is 0 Å². The molecule has 1 atom stereocenters. The maximum absolute atomic E-state index is 13.0. The molecule has 6 nitrogen and oxygen atoms in total. The molecule has 0 bridgehead atoms. The molecule has 1 saturated heterocycles. The molecular weight excluding hydrogens is 462 g/mol. The molecule has 164 valence electrons. The summed E-state index contributed by atoms with van der Waals surface area (Å²) in [6.45, 7) is 4.32.